The summed E-state index contributed by atoms with van der Waals surface area (Å²) >= 11 is 0. The lowest BCUT2D eigenvalue weighted by Gasteiger charge is -2.06. The SMILES string of the molecule is COc1ccc(S(=O)(=O)NCCCN=[N+]=[N-])cc1. The van der Waals surface area contributed by atoms with Gasteiger partial charge in [-0.15, -0.1) is 0 Å². The van der Waals surface area contributed by atoms with Crippen molar-refractivity contribution in [2.24, 2.45) is 5.11 Å². The Hall–Kier alpha value is -1.76. The molecule has 1 rings (SSSR count). The molecule has 0 aliphatic carbocycles. The summed E-state index contributed by atoms with van der Waals surface area (Å²) in [5.74, 6) is 0.595. The van der Waals surface area contributed by atoms with E-state index in [9.17, 15) is 8.42 Å². The lowest BCUT2D eigenvalue weighted by Crippen LogP contribution is -2.25. The number of nitrogens with one attached hydrogen (secondary N) is 1. The number of sulfonamides is 1. The minimum Gasteiger partial charge on any atom is -0.497 e. The molecule has 0 spiro atoms. The number of azide groups is 1. The van der Waals surface area contributed by atoms with Gasteiger partial charge in [0, 0.05) is 18.0 Å². The minimum absolute atomic E-state index is 0.173. The summed E-state index contributed by atoms with van der Waals surface area (Å²) in [4.78, 5) is 2.75. The molecular formula is C10H14N4O3S. The van der Waals surface area contributed by atoms with Crippen LogP contribution in [0.15, 0.2) is 34.3 Å². The highest BCUT2D eigenvalue weighted by Gasteiger charge is 2.12. The summed E-state index contributed by atoms with van der Waals surface area (Å²) in [6, 6.07) is 6.09. The zero-order chi connectivity index (χ0) is 13.4. The highest BCUT2D eigenvalue weighted by Crippen LogP contribution is 2.15. The number of ether oxygens (including phenoxy) is 1. The summed E-state index contributed by atoms with van der Waals surface area (Å²) in [7, 11) is -2.00. The van der Waals surface area contributed by atoms with Gasteiger partial charge in [-0.3, -0.25) is 0 Å². The first-order valence-electron chi connectivity index (χ1n) is 5.25. The number of rotatable bonds is 7. The van der Waals surface area contributed by atoms with Crippen LogP contribution in [-0.4, -0.2) is 28.6 Å². The molecule has 1 aromatic carbocycles. The highest BCUT2D eigenvalue weighted by atomic mass is 32.2. The molecule has 7 nitrogen and oxygen atoms in total. The van der Waals surface area contributed by atoms with Gasteiger partial charge in [0.25, 0.3) is 0 Å². The quantitative estimate of drug-likeness (QED) is 0.352. The van der Waals surface area contributed by atoms with Crippen molar-refractivity contribution in [3.8, 4) is 5.75 Å². The average molecular weight is 270 g/mol. The number of methoxy groups -OCH3 is 1. The molecule has 1 aromatic rings. The Bertz CT molecular complexity index is 521. The van der Waals surface area contributed by atoms with Gasteiger partial charge in [-0.1, -0.05) is 5.11 Å². The molecule has 0 aliphatic heterocycles. The second-order valence-corrected chi connectivity index (χ2v) is 5.15. The third-order valence-corrected chi connectivity index (χ3v) is 3.64. The molecule has 0 saturated carbocycles. The second-order valence-electron chi connectivity index (χ2n) is 3.38. The summed E-state index contributed by atoms with van der Waals surface area (Å²) in [5, 5.41) is 3.32. The normalized spacial score (nSPS) is 10.7. The van der Waals surface area contributed by atoms with Crippen molar-refractivity contribution >= 4 is 10.0 Å². The van der Waals surface area contributed by atoms with Gasteiger partial charge in [-0.25, -0.2) is 13.1 Å². The van der Waals surface area contributed by atoms with E-state index in [1.165, 1.54) is 19.2 Å². The van der Waals surface area contributed by atoms with Crippen LogP contribution >= 0.6 is 0 Å². The molecule has 18 heavy (non-hydrogen) atoms. The fourth-order valence-electron chi connectivity index (χ4n) is 1.24. The number of nitrogens with zero attached hydrogens (tertiary/aromatic N) is 3. The van der Waals surface area contributed by atoms with E-state index in [0.29, 0.717) is 12.2 Å². The van der Waals surface area contributed by atoms with Crippen molar-refractivity contribution in [1.29, 1.82) is 0 Å². The summed E-state index contributed by atoms with van der Waals surface area (Å²) in [6.45, 7) is 0.495. The zero-order valence-corrected chi connectivity index (χ0v) is 10.7. The van der Waals surface area contributed by atoms with Gasteiger partial charge in [-0.2, -0.15) is 0 Å². The van der Waals surface area contributed by atoms with Gasteiger partial charge >= 0.3 is 0 Å². The van der Waals surface area contributed by atoms with Crippen molar-refractivity contribution in [3.63, 3.8) is 0 Å². The lowest BCUT2D eigenvalue weighted by molar-refractivity contribution is 0.414. The van der Waals surface area contributed by atoms with E-state index in [1.807, 2.05) is 0 Å². The van der Waals surface area contributed by atoms with E-state index in [0.717, 1.165) is 0 Å². The Morgan fingerprint density at radius 3 is 2.61 bits per heavy atom. The molecule has 0 radical (unpaired) electrons. The van der Waals surface area contributed by atoms with E-state index in [2.05, 4.69) is 14.7 Å². The molecule has 0 saturated heterocycles. The van der Waals surface area contributed by atoms with Crippen LogP contribution in [0.5, 0.6) is 5.75 Å². The van der Waals surface area contributed by atoms with Gasteiger partial charge in [0.1, 0.15) is 5.75 Å². The molecule has 1 N–H and O–H groups in total. The first-order chi connectivity index (χ1) is 8.60. The van der Waals surface area contributed by atoms with E-state index >= 15 is 0 Å². The standard InChI is InChI=1S/C10H14N4O3S/c1-17-9-3-5-10(6-4-9)18(15,16)13-8-2-7-12-14-11/h3-6,13H,2,7-8H2,1H3. The fraction of sp³-hybridized carbons (Fsp3) is 0.400. The number of benzene rings is 1. The van der Waals surface area contributed by atoms with Gasteiger partial charge in [-0.05, 0) is 36.2 Å². The third kappa shape index (κ3) is 4.25. The van der Waals surface area contributed by atoms with E-state index in [1.54, 1.807) is 12.1 Å². The second kappa shape index (κ2) is 6.85. The average Bonchev–Trinajstić information content (AvgIpc) is 2.38. The number of hydrogen-bond acceptors (Lipinski definition) is 4. The van der Waals surface area contributed by atoms with Crippen molar-refractivity contribution in [3.05, 3.63) is 34.7 Å². The molecule has 0 aromatic heterocycles. The summed E-state index contributed by atoms with van der Waals surface area (Å²) in [5.41, 5.74) is 8.06. The lowest BCUT2D eigenvalue weighted by atomic mass is 10.3. The molecular weight excluding hydrogens is 256 g/mol. The molecule has 0 heterocycles. The van der Waals surface area contributed by atoms with E-state index in [-0.39, 0.29) is 18.0 Å². The van der Waals surface area contributed by atoms with E-state index < -0.39 is 10.0 Å². The smallest absolute Gasteiger partial charge is 0.240 e. The maximum Gasteiger partial charge on any atom is 0.240 e. The van der Waals surface area contributed by atoms with Gasteiger partial charge in [0.2, 0.25) is 10.0 Å². The maximum absolute atomic E-state index is 11.8. The zero-order valence-electron chi connectivity index (χ0n) is 9.91. The molecule has 98 valence electrons. The van der Waals surface area contributed by atoms with Crippen molar-refractivity contribution in [2.45, 2.75) is 11.3 Å². The van der Waals surface area contributed by atoms with E-state index in [4.69, 9.17) is 10.3 Å². The van der Waals surface area contributed by atoms with Crippen molar-refractivity contribution in [1.82, 2.24) is 4.72 Å². The van der Waals surface area contributed by atoms with Gasteiger partial charge < -0.3 is 4.74 Å². The van der Waals surface area contributed by atoms with Crippen LogP contribution in [0, 0.1) is 0 Å². The van der Waals surface area contributed by atoms with Crippen molar-refractivity contribution < 1.29 is 13.2 Å². The first-order valence-corrected chi connectivity index (χ1v) is 6.73. The Morgan fingerprint density at radius 1 is 1.39 bits per heavy atom. The molecule has 0 bridgehead atoms. The predicted molar refractivity (Wildman–Crippen MR) is 66.8 cm³/mol. The maximum atomic E-state index is 11.8. The largest absolute Gasteiger partial charge is 0.497 e. The Morgan fingerprint density at radius 2 is 2.06 bits per heavy atom. The fourth-order valence-corrected chi connectivity index (χ4v) is 2.31. The van der Waals surface area contributed by atoms with Gasteiger partial charge in [0.05, 0.1) is 12.0 Å². The monoisotopic (exact) mass is 270 g/mol. The van der Waals surface area contributed by atoms with Crippen LogP contribution in [0.4, 0.5) is 0 Å². The molecule has 0 unspecified atom stereocenters. The molecule has 0 aliphatic rings. The Labute approximate surface area is 105 Å². The third-order valence-electron chi connectivity index (χ3n) is 2.16. The number of hydrogen-bond donors (Lipinski definition) is 1. The van der Waals surface area contributed by atoms with Crippen LogP contribution in [0.1, 0.15) is 6.42 Å². The van der Waals surface area contributed by atoms with Crippen molar-refractivity contribution in [2.75, 3.05) is 20.2 Å². The van der Waals surface area contributed by atoms with Crippen LogP contribution in [-0.2, 0) is 10.0 Å². The topological polar surface area (TPSA) is 104 Å². The van der Waals surface area contributed by atoms with Gasteiger partial charge in [0.15, 0.2) is 0 Å². The minimum atomic E-state index is -3.51. The van der Waals surface area contributed by atoms with Crippen LogP contribution in [0.2, 0.25) is 0 Å². The molecule has 0 amide bonds. The first kappa shape index (κ1) is 14.3. The van der Waals surface area contributed by atoms with Crippen LogP contribution in [0.3, 0.4) is 0 Å². The summed E-state index contributed by atoms with van der Waals surface area (Å²) < 4.78 is 31.0. The Kier molecular flexibility index (Phi) is 5.44. The Balaban J connectivity index is 2.59. The summed E-state index contributed by atoms with van der Waals surface area (Å²) in [6.07, 6.45) is 0.458. The van der Waals surface area contributed by atoms with Crippen LogP contribution < -0.4 is 9.46 Å². The predicted octanol–water partition coefficient (Wildman–Crippen LogP) is 1.67. The highest BCUT2D eigenvalue weighted by molar-refractivity contribution is 7.89. The molecule has 0 atom stereocenters. The molecule has 0 fully saturated rings. The molecule has 8 heteroatoms. The van der Waals surface area contributed by atoms with Crippen LogP contribution in [0.25, 0.3) is 10.4 Å².